The molecule has 1 aliphatic heterocycles. The van der Waals surface area contributed by atoms with E-state index in [-0.39, 0.29) is 42.5 Å². The second kappa shape index (κ2) is 12.2. The van der Waals surface area contributed by atoms with Crippen molar-refractivity contribution in [1.29, 1.82) is 0 Å². The zero-order valence-electron chi connectivity index (χ0n) is 18.2. The van der Waals surface area contributed by atoms with E-state index in [0.29, 0.717) is 12.5 Å². The van der Waals surface area contributed by atoms with E-state index < -0.39 is 5.60 Å². The molecule has 8 heteroatoms. The normalized spacial score (nSPS) is 16.0. The van der Waals surface area contributed by atoms with E-state index in [1.165, 1.54) is 12.8 Å². The fourth-order valence-corrected chi connectivity index (χ4v) is 3.38. The number of nitrogens with zero attached hydrogens (tertiary/aromatic N) is 2. The first-order valence-corrected chi connectivity index (χ1v) is 9.87. The topological polar surface area (TPSA) is 75.2 Å². The maximum Gasteiger partial charge on any atom is 0.325 e. The molecule has 0 saturated carbocycles. The van der Waals surface area contributed by atoms with Crippen LogP contribution in [0.5, 0.6) is 5.75 Å². The van der Waals surface area contributed by atoms with E-state index in [1.807, 2.05) is 39.0 Å². The second-order valence-corrected chi connectivity index (χ2v) is 7.89. The first-order valence-electron chi connectivity index (χ1n) is 9.87. The van der Waals surface area contributed by atoms with E-state index in [4.69, 9.17) is 9.47 Å². The number of carbonyl (C=O) groups is 1. The van der Waals surface area contributed by atoms with Crippen LogP contribution in [0, 0.1) is 0 Å². The number of nitrogens with one attached hydrogen (secondary N) is 2. The Hall–Kier alpha value is -1.55. The molecule has 1 aliphatic rings. The zero-order valence-corrected chi connectivity index (χ0v) is 20.5. The average Bonchev–Trinajstić information content (AvgIpc) is 3.17. The number of rotatable bonds is 7. The van der Waals surface area contributed by atoms with Gasteiger partial charge < -0.3 is 20.1 Å². The Balaban J connectivity index is 0.00000420. The number of ether oxygens (including phenoxy) is 2. The molecule has 0 bridgehead atoms. The number of esters is 1. The molecular formula is C21H35IN4O3. The van der Waals surface area contributed by atoms with Crippen molar-refractivity contribution < 1.29 is 14.3 Å². The van der Waals surface area contributed by atoms with Crippen LogP contribution in [0.4, 0.5) is 0 Å². The van der Waals surface area contributed by atoms with Crippen LogP contribution in [0.3, 0.4) is 0 Å². The van der Waals surface area contributed by atoms with E-state index >= 15 is 0 Å². The molecule has 1 aromatic carbocycles. The van der Waals surface area contributed by atoms with Crippen LogP contribution >= 0.6 is 24.0 Å². The van der Waals surface area contributed by atoms with Gasteiger partial charge in [-0.25, -0.2) is 0 Å². The van der Waals surface area contributed by atoms with Crippen LogP contribution in [0.15, 0.2) is 29.3 Å². The summed E-state index contributed by atoms with van der Waals surface area (Å²) >= 11 is 0. The molecule has 1 atom stereocenters. The molecular weight excluding hydrogens is 483 g/mol. The second-order valence-electron chi connectivity index (χ2n) is 7.89. The Morgan fingerprint density at radius 2 is 1.86 bits per heavy atom. The lowest BCUT2D eigenvalue weighted by Crippen LogP contribution is -2.45. The molecule has 7 nitrogen and oxygen atoms in total. The molecule has 0 radical (unpaired) electrons. The van der Waals surface area contributed by atoms with Gasteiger partial charge in [0.05, 0.1) is 13.2 Å². The minimum absolute atomic E-state index is 0. The predicted molar refractivity (Wildman–Crippen MR) is 127 cm³/mol. The average molecular weight is 518 g/mol. The number of para-hydroxylation sites is 1. The van der Waals surface area contributed by atoms with Gasteiger partial charge in [0, 0.05) is 19.2 Å². The molecule has 0 aromatic heterocycles. The first kappa shape index (κ1) is 25.5. The highest BCUT2D eigenvalue weighted by Crippen LogP contribution is 2.31. The van der Waals surface area contributed by atoms with E-state index in [0.717, 1.165) is 24.4 Å². The van der Waals surface area contributed by atoms with Crippen molar-refractivity contribution in [2.75, 3.05) is 40.3 Å². The van der Waals surface area contributed by atoms with Crippen LogP contribution in [0.2, 0.25) is 0 Å². The summed E-state index contributed by atoms with van der Waals surface area (Å²) in [6, 6.07) is 8.29. The number of halogens is 1. The van der Waals surface area contributed by atoms with Gasteiger partial charge in [-0.05, 0) is 52.8 Å². The standard InChI is InChI=1S/C21H34N4O3.HI/c1-21(2,3)28-19(26)15-24-20(22-4)23-14-17(25-12-8-9-13-25)16-10-6-7-11-18(16)27-5;/h6-7,10-11,17H,8-9,12-15H2,1-5H3,(H2,22,23,24);1H. The first-order chi connectivity index (χ1) is 13.3. The van der Waals surface area contributed by atoms with Crippen LogP contribution in [-0.4, -0.2) is 62.8 Å². The highest BCUT2D eigenvalue weighted by Gasteiger charge is 2.26. The molecule has 0 amide bonds. The van der Waals surface area contributed by atoms with Crippen molar-refractivity contribution >= 4 is 35.9 Å². The third kappa shape index (κ3) is 8.38. The number of guanidine groups is 1. The van der Waals surface area contributed by atoms with Gasteiger partial charge in [0.2, 0.25) is 0 Å². The van der Waals surface area contributed by atoms with Crippen molar-refractivity contribution in [3.05, 3.63) is 29.8 Å². The lowest BCUT2D eigenvalue weighted by molar-refractivity contribution is -0.153. The highest BCUT2D eigenvalue weighted by atomic mass is 127. The quantitative estimate of drug-likeness (QED) is 0.250. The lowest BCUT2D eigenvalue weighted by Gasteiger charge is -2.30. The summed E-state index contributed by atoms with van der Waals surface area (Å²) in [6.45, 7) is 8.42. The van der Waals surface area contributed by atoms with Gasteiger partial charge in [0.15, 0.2) is 5.96 Å². The Labute approximate surface area is 191 Å². The zero-order chi connectivity index (χ0) is 20.6. The monoisotopic (exact) mass is 518 g/mol. The summed E-state index contributed by atoms with van der Waals surface area (Å²) in [7, 11) is 3.40. The maximum atomic E-state index is 11.9. The minimum Gasteiger partial charge on any atom is -0.496 e. The van der Waals surface area contributed by atoms with Gasteiger partial charge in [-0.2, -0.15) is 0 Å². The third-order valence-electron chi connectivity index (χ3n) is 4.59. The molecule has 1 fully saturated rings. The molecule has 0 aliphatic carbocycles. The number of carbonyl (C=O) groups excluding carboxylic acids is 1. The molecule has 2 N–H and O–H groups in total. The molecule has 29 heavy (non-hydrogen) atoms. The van der Waals surface area contributed by atoms with E-state index in [1.54, 1.807) is 14.2 Å². The fraction of sp³-hybridized carbons (Fsp3) is 0.619. The van der Waals surface area contributed by atoms with Crippen molar-refractivity contribution in [2.45, 2.75) is 45.3 Å². The largest absolute Gasteiger partial charge is 0.496 e. The number of aliphatic imine (C=N–C) groups is 1. The Kier molecular flexibility index (Phi) is 10.7. The van der Waals surface area contributed by atoms with Gasteiger partial charge in [-0.15, -0.1) is 24.0 Å². The van der Waals surface area contributed by atoms with Gasteiger partial charge in [-0.1, -0.05) is 18.2 Å². The summed E-state index contributed by atoms with van der Waals surface area (Å²) in [5, 5.41) is 6.38. The van der Waals surface area contributed by atoms with Gasteiger partial charge in [-0.3, -0.25) is 14.7 Å². The van der Waals surface area contributed by atoms with E-state index in [2.05, 4.69) is 26.6 Å². The summed E-state index contributed by atoms with van der Waals surface area (Å²) in [5.74, 6) is 1.15. The lowest BCUT2D eigenvalue weighted by atomic mass is 10.0. The molecule has 1 aromatic rings. The van der Waals surface area contributed by atoms with Crippen molar-refractivity contribution in [1.82, 2.24) is 15.5 Å². The Morgan fingerprint density at radius 3 is 2.45 bits per heavy atom. The number of hydrogen-bond donors (Lipinski definition) is 2. The summed E-state index contributed by atoms with van der Waals surface area (Å²) in [4.78, 5) is 18.6. The number of likely N-dealkylation sites (tertiary alicyclic amines) is 1. The number of benzene rings is 1. The molecule has 0 spiro atoms. The Bertz CT molecular complexity index is 670. The number of methoxy groups -OCH3 is 1. The Morgan fingerprint density at radius 1 is 1.21 bits per heavy atom. The van der Waals surface area contributed by atoms with Crippen LogP contribution in [-0.2, 0) is 9.53 Å². The van der Waals surface area contributed by atoms with Gasteiger partial charge in [0.25, 0.3) is 0 Å². The highest BCUT2D eigenvalue weighted by molar-refractivity contribution is 14.0. The predicted octanol–water partition coefficient (Wildman–Crippen LogP) is 2.96. The van der Waals surface area contributed by atoms with Crippen molar-refractivity contribution in [2.24, 2.45) is 4.99 Å². The number of hydrogen-bond acceptors (Lipinski definition) is 5. The van der Waals surface area contributed by atoms with Gasteiger partial charge >= 0.3 is 5.97 Å². The SMILES string of the molecule is CN=C(NCC(=O)OC(C)(C)C)NCC(c1ccccc1OC)N1CCCC1.I. The summed E-state index contributed by atoms with van der Waals surface area (Å²) < 4.78 is 10.9. The van der Waals surface area contributed by atoms with Crippen LogP contribution < -0.4 is 15.4 Å². The van der Waals surface area contributed by atoms with Crippen LogP contribution in [0.25, 0.3) is 0 Å². The molecule has 164 valence electrons. The molecule has 1 saturated heterocycles. The maximum absolute atomic E-state index is 11.9. The minimum atomic E-state index is -0.500. The van der Waals surface area contributed by atoms with Crippen LogP contribution in [0.1, 0.15) is 45.2 Å². The van der Waals surface area contributed by atoms with Crippen molar-refractivity contribution in [3.63, 3.8) is 0 Å². The molecule has 2 rings (SSSR count). The van der Waals surface area contributed by atoms with Crippen molar-refractivity contribution in [3.8, 4) is 5.75 Å². The van der Waals surface area contributed by atoms with Gasteiger partial charge in [0.1, 0.15) is 17.9 Å². The molecule has 1 heterocycles. The smallest absolute Gasteiger partial charge is 0.325 e. The summed E-state index contributed by atoms with van der Waals surface area (Å²) in [5.41, 5.74) is 0.655. The van der Waals surface area contributed by atoms with E-state index in [9.17, 15) is 4.79 Å². The summed E-state index contributed by atoms with van der Waals surface area (Å²) in [6.07, 6.45) is 2.41. The fourth-order valence-electron chi connectivity index (χ4n) is 3.38. The molecule has 1 unspecified atom stereocenters. The third-order valence-corrected chi connectivity index (χ3v) is 4.59.